The lowest BCUT2D eigenvalue weighted by Crippen LogP contribution is -2.59. The summed E-state index contributed by atoms with van der Waals surface area (Å²) in [5, 5.41) is 3.78. The maximum atomic E-state index is 12.8. The number of halogens is 1. The Morgan fingerprint density at radius 2 is 1.82 bits per heavy atom. The Labute approximate surface area is 170 Å². The third-order valence-corrected chi connectivity index (χ3v) is 5.93. The van der Waals surface area contributed by atoms with Gasteiger partial charge in [-0.05, 0) is 25.0 Å². The molecule has 2 fully saturated rings. The number of hydrogen-bond acceptors (Lipinski definition) is 5. The summed E-state index contributed by atoms with van der Waals surface area (Å²) in [5.41, 5.74) is -0.0534. The van der Waals surface area contributed by atoms with Crippen LogP contribution in [0.15, 0.2) is 39.5 Å². The highest BCUT2D eigenvalue weighted by atomic mass is 35.5. The van der Waals surface area contributed by atoms with Gasteiger partial charge in [0.2, 0.25) is 0 Å². The van der Waals surface area contributed by atoms with E-state index < -0.39 is 5.63 Å². The molecule has 152 valence electrons. The number of benzene rings is 1. The summed E-state index contributed by atoms with van der Waals surface area (Å²) in [6.07, 6.45) is 5.73. The average molecular weight is 407 g/mol. The van der Waals surface area contributed by atoms with E-state index in [4.69, 9.17) is 9.15 Å². The first-order valence-corrected chi connectivity index (χ1v) is 9.82. The van der Waals surface area contributed by atoms with Crippen LogP contribution in [0.5, 0.6) is 0 Å². The molecule has 6 nitrogen and oxygen atoms in total. The minimum atomic E-state index is -0.588. The number of ether oxygens (including phenoxy) is 1. The van der Waals surface area contributed by atoms with Crippen molar-refractivity contribution in [2.24, 2.45) is 0 Å². The van der Waals surface area contributed by atoms with Gasteiger partial charge in [0, 0.05) is 30.6 Å². The number of fused-ring (bicyclic) bond motifs is 1. The van der Waals surface area contributed by atoms with Gasteiger partial charge < -0.3 is 14.5 Å². The van der Waals surface area contributed by atoms with E-state index in [0.717, 1.165) is 44.5 Å². The van der Waals surface area contributed by atoms with Crippen LogP contribution in [0.25, 0.3) is 11.0 Å². The first kappa shape index (κ1) is 20.8. The van der Waals surface area contributed by atoms with E-state index in [-0.39, 0.29) is 29.4 Å². The van der Waals surface area contributed by atoms with Crippen LogP contribution in [0, 0.1) is 0 Å². The maximum Gasteiger partial charge on any atom is 0.349 e. The molecule has 1 saturated carbocycles. The molecule has 1 aliphatic heterocycles. The van der Waals surface area contributed by atoms with Gasteiger partial charge in [0.1, 0.15) is 11.1 Å². The number of rotatable bonds is 4. The summed E-state index contributed by atoms with van der Waals surface area (Å²) in [7, 11) is 0. The molecule has 1 aromatic heterocycles. The maximum absolute atomic E-state index is 12.8. The van der Waals surface area contributed by atoms with Gasteiger partial charge in [0.15, 0.2) is 0 Å². The number of hydrogen-bond donors (Lipinski definition) is 1. The van der Waals surface area contributed by atoms with Crippen molar-refractivity contribution < 1.29 is 13.9 Å². The molecule has 1 amide bonds. The van der Waals surface area contributed by atoms with Gasteiger partial charge in [-0.1, -0.05) is 37.5 Å². The molecule has 0 spiro atoms. The van der Waals surface area contributed by atoms with Gasteiger partial charge in [-0.3, -0.25) is 9.69 Å². The molecule has 1 aromatic carbocycles. The lowest BCUT2D eigenvalue weighted by molar-refractivity contribution is -0.0361. The van der Waals surface area contributed by atoms with Crippen LogP contribution < -0.4 is 10.9 Å². The van der Waals surface area contributed by atoms with Crippen LogP contribution in [0.3, 0.4) is 0 Å². The Morgan fingerprint density at radius 1 is 1.11 bits per heavy atom. The highest BCUT2D eigenvalue weighted by molar-refractivity contribution is 5.96. The van der Waals surface area contributed by atoms with Crippen LogP contribution in [-0.2, 0) is 4.74 Å². The predicted molar refractivity (Wildman–Crippen MR) is 110 cm³/mol. The van der Waals surface area contributed by atoms with Crippen molar-refractivity contribution in [2.45, 2.75) is 37.6 Å². The zero-order valence-electron chi connectivity index (χ0n) is 15.9. The molecule has 0 atom stereocenters. The predicted octanol–water partition coefficient (Wildman–Crippen LogP) is 2.98. The highest BCUT2D eigenvalue weighted by Gasteiger charge is 2.39. The molecule has 1 N–H and O–H groups in total. The summed E-state index contributed by atoms with van der Waals surface area (Å²) < 4.78 is 10.8. The Bertz CT molecular complexity index is 870. The summed E-state index contributed by atoms with van der Waals surface area (Å²) in [4.78, 5) is 27.5. The minimum absolute atomic E-state index is 0. The smallest absolute Gasteiger partial charge is 0.349 e. The van der Waals surface area contributed by atoms with Crippen molar-refractivity contribution in [2.75, 3.05) is 32.8 Å². The van der Waals surface area contributed by atoms with Gasteiger partial charge in [0.05, 0.1) is 13.2 Å². The van der Waals surface area contributed by atoms with Gasteiger partial charge in [0.25, 0.3) is 5.91 Å². The molecule has 0 radical (unpaired) electrons. The number of carbonyl (C=O) groups is 1. The molecule has 28 heavy (non-hydrogen) atoms. The molecule has 1 aliphatic carbocycles. The topological polar surface area (TPSA) is 71.8 Å². The Hall–Kier alpha value is -1.89. The molecule has 0 bridgehead atoms. The fourth-order valence-corrected chi connectivity index (χ4v) is 4.41. The summed E-state index contributed by atoms with van der Waals surface area (Å²) in [6.45, 7) is 3.83. The normalized spacial score (nSPS) is 19.7. The van der Waals surface area contributed by atoms with Crippen molar-refractivity contribution in [3.63, 3.8) is 0 Å². The molecule has 4 rings (SSSR count). The van der Waals surface area contributed by atoms with Gasteiger partial charge in [-0.25, -0.2) is 4.79 Å². The van der Waals surface area contributed by atoms with Gasteiger partial charge in [-0.2, -0.15) is 0 Å². The summed E-state index contributed by atoms with van der Waals surface area (Å²) >= 11 is 0. The van der Waals surface area contributed by atoms with Crippen LogP contribution in [0.1, 0.15) is 42.5 Å². The second-order valence-electron chi connectivity index (χ2n) is 7.55. The third-order valence-electron chi connectivity index (χ3n) is 5.93. The number of nitrogens with one attached hydrogen (secondary N) is 1. The van der Waals surface area contributed by atoms with Crippen LogP contribution in [-0.4, -0.2) is 49.2 Å². The van der Waals surface area contributed by atoms with E-state index in [9.17, 15) is 9.59 Å². The van der Waals surface area contributed by atoms with Gasteiger partial charge >= 0.3 is 5.63 Å². The first-order valence-electron chi connectivity index (χ1n) is 9.82. The summed E-state index contributed by atoms with van der Waals surface area (Å²) in [6, 6.07) is 8.86. The number of amides is 1. The Kier molecular flexibility index (Phi) is 6.75. The Morgan fingerprint density at radius 3 is 2.57 bits per heavy atom. The molecule has 0 unspecified atom stereocenters. The molecule has 1 saturated heterocycles. The van der Waals surface area contributed by atoms with Gasteiger partial charge in [-0.15, -0.1) is 12.4 Å². The minimum Gasteiger partial charge on any atom is -0.422 e. The van der Waals surface area contributed by atoms with Crippen molar-refractivity contribution in [1.29, 1.82) is 0 Å². The third kappa shape index (κ3) is 4.24. The first-order chi connectivity index (χ1) is 13.2. The fourth-order valence-electron chi connectivity index (χ4n) is 4.41. The fraction of sp³-hybridized carbons (Fsp3) is 0.524. The molecule has 2 aromatic rings. The molecule has 7 heteroatoms. The van der Waals surface area contributed by atoms with Crippen LogP contribution >= 0.6 is 12.4 Å². The quantitative estimate of drug-likeness (QED) is 0.790. The van der Waals surface area contributed by atoms with E-state index in [1.807, 2.05) is 12.1 Å². The van der Waals surface area contributed by atoms with E-state index in [1.54, 1.807) is 18.2 Å². The number of nitrogens with zero attached hydrogens (tertiary/aromatic N) is 1. The van der Waals surface area contributed by atoms with Crippen LogP contribution in [0.2, 0.25) is 0 Å². The van der Waals surface area contributed by atoms with Crippen molar-refractivity contribution in [3.05, 3.63) is 46.3 Å². The number of para-hydroxylation sites is 1. The van der Waals surface area contributed by atoms with E-state index >= 15 is 0 Å². The zero-order valence-corrected chi connectivity index (χ0v) is 16.8. The van der Waals surface area contributed by atoms with E-state index in [0.29, 0.717) is 12.1 Å². The zero-order chi connectivity index (χ0) is 18.7. The average Bonchev–Trinajstić information content (AvgIpc) is 2.73. The monoisotopic (exact) mass is 406 g/mol. The number of morpholine rings is 1. The van der Waals surface area contributed by atoms with E-state index in [2.05, 4.69) is 10.2 Å². The SMILES string of the molecule is Cl.O=C(NCC1(N2CCOCC2)CCCCC1)c1cc2ccccc2oc1=O. The molecular weight excluding hydrogens is 380 g/mol. The largest absolute Gasteiger partial charge is 0.422 e. The summed E-state index contributed by atoms with van der Waals surface area (Å²) in [5.74, 6) is -0.354. The molecule has 2 aliphatic rings. The lowest BCUT2D eigenvalue weighted by Gasteiger charge is -2.48. The number of carbonyl (C=O) groups excluding carboxylic acids is 1. The van der Waals surface area contributed by atoms with Crippen molar-refractivity contribution in [1.82, 2.24) is 10.2 Å². The second kappa shape index (κ2) is 9.07. The highest BCUT2D eigenvalue weighted by Crippen LogP contribution is 2.34. The van der Waals surface area contributed by atoms with Crippen molar-refractivity contribution in [3.8, 4) is 0 Å². The molecular formula is C21H27ClN2O4. The second-order valence-corrected chi connectivity index (χ2v) is 7.55. The van der Waals surface area contributed by atoms with Crippen molar-refractivity contribution >= 4 is 29.3 Å². The molecule has 2 heterocycles. The van der Waals surface area contributed by atoms with Crippen LogP contribution in [0.4, 0.5) is 0 Å². The van der Waals surface area contributed by atoms with E-state index in [1.165, 1.54) is 19.3 Å². The Balaban J connectivity index is 0.00000225. The standard InChI is InChI=1S/C21H26N2O4.ClH/c24-19(17-14-16-6-2-3-7-18(16)27-20(17)25)22-15-21(8-4-1-5-9-21)23-10-12-26-13-11-23;/h2-3,6-7,14H,1,4-5,8-13,15H2,(H,22,24);1H. The lowest BCUT2D eigenvalue weighted by atomic mass is 9.79.